The third kappa shape index (κ3) is 4.04. The first-order valence-electron chi connectivity index (χ1n) is 9.64. The molecule has 156 valence electrons. The molecule has 1 atom stereocenters. The van der Waals surface area contributed by atoms with E-state index in [4.69, 9.17) is 4.52 Å². The van der Waals surface area contributed by atoms with Gasteiger partial charge in [-0.25, -0.2) is 4.79 Å². The van der Waals surface area contributed by atoms with E-state index in [2.05, 4.69) is 10.5 Å². The first kappa shape index (κ1) is 20.3. The fourth-order valence-electron chi connectivity index (χ4n) is 3.48. The minimum atomic E-state index is -1.90. The maximum atomic E-state index is 13.3. The molecule has 0 radical (unpaired) electrons. The minimum Gasteiger partial charge on any atom is -0.508 e. The average molecular weight is 416 g/mol. The van der Waals surface area contributed by atoms with Crippen LogP contribution in [0, 0.1) is 6.92 Å². The van der Waals surface area contributed by atoms with E-state index in [9.17, 15) is 19.8 Å². The first-order valence-corrected chi connectivity index (χ1v) is 9.64. The van der Waals surface area contributed by atoms with E-state index in [-0.39, 0.29) is 12.2 Å². The quantitative estimate of drug-likeness (QED) is 0.460. The Morgan fingerprint density at radius 3 is 2.45 bits per heavy atom. The van der Waals surface area contributed by atoms with Crippen LogP contribution in [0.1, 0.15) is 16.8 Å². The van der Waals surface area contributed by atoms with Crippen LogP contribution in [-0.2, 0) is 16.8 Å². The summed E-state index contributed by atoms with van der Waals surface area (Å²) in [4.78, 5) is 25.2. The van der Waals surface area contributed by atoms with Gasteiger partial charge in [0.2, 0.25) is 0 Å². The van der Waals surface area contributed by atoms with Crippen molar-refractivity contribution in [3.05, 3.63) is 100 Å². The zero-order chi connectivity index (χ0) is 22.0. The van der Waals surface area contributed by atoms with Crippen molar-refractivity contribution in [2.45, 2.75) is 18.9 Å². The number of nitrogens with one attached hydrogen (secondary N) is 1. The number of amides is 1. The van der Waals surface area contributed by atoms with Gasteiger partial charge in [-0.2, -0.15) is 0 Å². The highest BCUT2D eigenvalue weighted by molar-refractivity contribution is 6.00. The third-order valence-corrected chi connectivity index (χ3v) is 5.18. The molecule has 0 saturated heterocycles. The maximum Gasteiger partial charge on any atom is 0.366 e. The number of phenols is 1. The number of fused-ring (bicyclic) bond motifs is 1. The molecular formula is C24H20N2O5. The second kappa shape index (κ2) is 8.04. The Bertz CT molecular complexity index is 1300. The van der Waals surface area contributed by atoms with Crippen molar-refractivity contribution in [2.75, 3.05) is 5.32 Å². The van der Waals surface area contributed by atoms with Gasteiger partial charge in [-0.3, -0.25) is 4.79 Å². The Labute approximate surface area is 177 Å². The molecule has 1 heterocycles. The molecule has 1 unspecified atom stereocenters. The normalized spacial score (nSPS) is 13.0. The second-order valence-electron chi connectivity index (χ2n) is 7.34. The van der Waals surface area contributed by atoms with Gasteiger partial charge in [0.05, 0.1) is 11.1 Å². The zero-order valence-electron chi connectivity index (χ0n) is 16.7. The molecule has 0 fully saturated rings. The van der Waals surface area contributed by atoms with Gasteiger partial charge in [0, 0.05) is 17.5 Å². The molecule has 1 aromatic heterocycles. The number of rotatable bonds is 5. The smallest absolute Gasteiger partial charge is 0.366 e. The van der Waals surface area contributed by atoms with Crippen molar-refractivity contribution in [2.24, 2.45) is 0 Å². The van der Waals surface area contributed by atoms with Crippen LogP contribution in [0.15, 0.2) is 82.1 Å². The van der Waals surface area contributed by atoms with Crippen LogP contribution in [0.2, 0.25) is 0 Å². The Kier molecular flexibility index (Phi) is 5.27. The van der Waals surface area contributed by atoms with Gasteiger partial charge in [-0.1, -0.05) is 47.6 Å². The van der Waals surface area contributed by atoms with E-state index < -0.39 is 17.1 Å². The maximum absolute atomic E-state index is 13.3. The van der Waals surface area contributed by atoms with Gasteiger partial charge in [-0.05, 0) is 48.4 Å². The lowest BCUT2D eigenvalue weighted by atomic mass is 9.86. The summed E-state index contributed by atoms with van der Waals surface area (Å²) in [6, 6.07) is 19.7. The Hall–Kier alpha value is -3.97. The standard InChI is InChI=1S/C24H20N2O5/c1-15-21-13-18(9-12-20(21)22(28)31-26-15)25-23(29)24(30,14-16-5-3-2-4-6-16)17-7-10-19(27)11-8-17/h2-13,27,30H,14H2,1H3,(H,25,29). The molecule has 0 aliphatic rings. The van der Waals surface area contributed by atoms with Gasteiger partial charge in [0.1, 0.15) is 5.75 Å². The number of aromatic nitrogens is 1. The van der Waals surface area contributed by atoms with Crippen LogP contribution in [0.4, 0.5) is 5.69 Å². The molecule has 0 saturated carbocycles. The number of carbonyl (C=O) groups is 1. The van der Waals surface area contributed by atoms with E-state index >= 15 is 0 Å². The van der Waals surface area contributed by atoms with Crippen molar-refractivity contribution < 1.29 is 19.5 Å². The molecule has 0 aliphatic carbocycles. The number of nitrogens with zero attached hydrogens (tertiary/aromatic N) is 1. The number of hydrogen-bond acceptors (Lipinski definition) is 6. The topological polar surface area (TPSA) is 113 Å². The largest absolute Gasteiger partial charge is 0.508 e. The van der Waals surface area contributed by atoms with Gasteiger partial charge >= 0.3 is 5.63 Å². The molecule has 7 heteroatoms. The lowest BCUT2D eigenvalue weighted by Crippen LogP contribution is -2.42. The molecule has 3 N–H and O–H groups in total. The lowest BCUT2D eigenvalue weighted by Gasteiger charge is -2.28. The fraction of sp³-hybridized carbons (Fsp3) is 0.125. The predicted molar refractivity (Wildman–Crippen MR) is 116 cm³/mol. The number of phenolic OH excluding ortho intramolecular Hbond substituents is 1. The number of anilines is 1. The summed E-state index contributed by atoms with van der Waals surface area (Å²) < 4.78 is 4.73. The summed E-state index contributed by atoms with van der Waals surface area (Å²) in [6.45, 7) is 1.69. The number of aromatic hydroxyl groups is 1. The summed E-state index contributed by atoms with van der Waals surface area (Å²) in [6.07, 6.45) is 0.0300. The van der Waals surface area contributed by atoms with Crippen LogP contribution in [0.3, 0.4) is 0 Å². The summed E-state index contributed by atoms with van der Waals surface area (Å²) in [7, 11) is 0. The van der Waals surface area contributed by atoms with E-state index in [1.807, 2.05) is 30.3 Å². The predicted octanol–water partition coefficient (Wildman–Crippen LogP) is 3.27. The highest BCUT2D eigenvalue weighted by Gasteiger charge is 2.38. The SMILES string of the molecule is Cc1noc(=O)c2ccc(NC(=O)C(O)(Cc3ccccc3)c3ccc(O)cc3)cc12. The molecular weight excluding hydrogens is 396 g/mol. The average Bonchev–Trinajstić information content (AvgIpc) is 2.77. The summed E-state index contributed by atoms with van der Waals surface area (Å²) >= 11 is 0. The summed E-state index contributed by atoms with van der Waals surface area (Å²) in [5.41, 5.74) is -0.451. The number of carbonyl (C=O) groups excluding carboxylic acids is 1. The molecule has 7 nitrogen and oxygen atoms in total. The van der Waals surface area contributed by atoms with Crippen LogP contribution < -0.4 is 10.9 Å². The summed E-state index contributed by atoms with van der Waals surface area (Å²) in [5, 5.41) is 28.5. The molecule has 4 aromatic rings. The molecule has 31 heavy (non-hydrogen) atoms. The van der Waals surface area contributed by atoms with Crippen LogP contribution in [-0.4, -0.2) is 21.3 Å². The number of hydrogen-bond donors (Lipinski definition) is 3. The van der Waals surface area contributed by atoms with Gasteiger partial charge in [0.15, 0.2) is 5.60 Å². The Morgan fingerprint density at radius 1 is 1.03 bits per heavy atom. The zero-order valence-corrected chi connectivity index (χ0v) is 16.7. The molecule has 0 spiro atoms. The third-order valence-electron chi connectivity index (χ3n) is 5.18. The van der Waals surface area contributed by atoms with Crippen LogP contribution >= 0.6 is 0 Å². The van der Waals surface area contributed by atoms with Crippen molar-refractivity contribution in [1.82, 2.24) is 5.16 Å². The van der Waals surface area contributed by atoms with Crippen molar-refractivity contribution in [3.63, 3.8) is 0 Å². The van der Waals surface area contributed by atoms with Crippen molar-refractivity contribution in [1.29, 1.82) is 0 Å². The van der Waals surface area contributed by atoms with E-state index in [0.29, 0.717) is 27.7 Å². The summed E-state index contributed by atoms with van der Waals surface area (Å²) in [5.74, 6) is -0.613. The molecule has 0 aliphatic heterocycles. The van der Waals surface area contributed by atoms with Gasteiger partial charge < -0.3 is 20.1 Å². The van der Waals surface area contributed by atoms with Crippen LogP contribution in [0.25, 0.3) is 10.8 Å². The van der Waals surface area contributed by atoms with Gasteiger partial charge in [0.25, 0.3) is 5.91 Å². The highest BCUT2D eigenvalue weighted by Crippen LogP contribution is 2.30. The Morgan fingerprint density at radius 2 is 1.74 bits per heavy atom. The molecule has 3 aromatic carbocycles. The number of benzene rings is 3. The molecule has 4 rings (SSSR count). The van der Waals surface area contributed by atoms with Crippen LogP contribution in [0.5, 0.6) is 5.75 Å². The monoisotopic (exact) mass is 416 g/mol. The first-order chi connectivity index (χ1) is 14.9. The number of aryl methyl sites for hydroxylation is 1. The van der Waals surface area contributed by atoms with E-state index in [0.717, 1.165) is 5.56 Å². The van der Waals surface area contributed by atoms with E-state index in [1.165, 1.54) is 24.3 Å². The van der Waals surface area contributed by atoms with Gasteiger partial charge in [-0.15, -0.1) is 0 Å². The Balaban J connectivity index is 1.72. The van der Waals surface area contributed by atoms with Crippen molar-refractivity contribution >= 4 is 22.4 Å². The van der Waals surface area contributed by atoms with Crippen molar-refractivity contribution in [3.8, 4) is 5.75 Å². The molecule has 1 amide bonds. The minimum absolute atomic E-state index is 0.0300. The second-order valence-corrected chi connectivity index (χ2v) is 7.34. The fourth-order valence-corrected chi connectivity index (χ4v) is 3.48. The van der Waals surface area contributed by atoms with E-state index in [1.54, 1.807) is 25.1 Å². The molecule has 0 bridgehead atoms. The highest BCUT2D eigenvalue weighted by atomic mass is 16.5. The number of aliphatic hydroxyl groups is 1. The lowest BCUT2D eigenvalue weighted by molar-refractivity contribution is -0.135.